The number of carbonyl (C=O) groups is 1. The van der Waals surface area contributed by atoms with Crippen molar-refractivity contribution in [2.45, 2.75) is 147 Å². The van der Waals surface area contributed by atoms with Crippen molar-refractivity contribution in [1.29, 1.82) is 0 Å². The van der Waals surface area contributed by atoms with Gasteiger partial charge in [0.2, 0.25) is 0 Å². The number of aliphatic hydroxyl groups excluding tert-OH is 21. The Labute approximate surface area is 327 Å². The van der Waals surface area contributed by atoms with Gasteiger partial charge in [-0.2, -0.15) is 0 Å². The molecule has 0 bridgehead atoms. The van der Waals surface area contributed by atoms with Crippen LogP contribution in [0.5, 0.6) is 0 Å². The predicted molar refractivity (Wildman–Crippen MR) is 174 cm³/mol. The summed E-state index contributed by atoms with van der Waals surface area (Å²) in [6.45, 7) is -3.45. The average Bonchev–Trinajstić information content (AvgIpc) is 3.22. The Balaban J connectivity index is 0.000000317. The van der Waals surface area contributed by atoms with E-state index in [1.54, 1.807) is 0 Å². The van der Waals surface area contributed by atoms with Crippen LogP contribution < -0.4 is 0 Å². The Morgan fingerprint density at radius 3 is 1.07 bits per heavy atom. The maximum absolute atomic E-state index is 9.94. The van der Waals surface area contributed by atoms with Gasteiger partial charge in [-0.15, -0.1) is 0 Å². The third kappa shape index (κ3) is 12.8. The summed E-state index contributed by atoms with van der Waals surface area (Å²) in [4.78, 5) is 9.90. The van der Waals surface area contributed by atoms with E-state index < -0.39 is 180 Å². The molecule has 0 saturated carbocycles. The lowest BCUT2D eigenvalue weighted by Gasteiger charge is -2.45. The largest absolute Gasteiger partial charge is 0.394 e. The number of aldehydes is 1. The van der Waals surface area contributed by atoms with E-state index in [2.05, 4.69) is 0 Å². The van der Waals surface area contributed by atoms with Crippen LogP contribution in [0, 0.1) is 0 Å². The second kappa shape index (κ2) is 24.3. The van der Waals surface area contributed by atoms with Crippen LogP contribution in [-0.4, -0.2) is 294 Å². The van der Waals surface area contributed by atoms with Crippen molar-refractivity contribution in [3.63, 3.8) is 0 Å². The Morgan fingerprint density at radius 1 is 0.431 bits per heavy atom. The van der Waals surface area contributed by atoms with Crippen LogP contribution in [0.4, 0.5) is 0 Å². The number of aliphatic hydroxyl groups is 21. The molecule has 0 radical (unpaired) electrons. The highest BCUT2D eigenvalue weighted by atomic mass is 16.7. The van der Waals surface area contributed by atoms with E-state index in [4.69, 9.17) is 64.2 Å². The molecule has 4 aliphatic heterocycles. The molecule has 21 N–H and O–H groups in total. The Kier molecular flexibility index (Phi) is 22.1. The van der Waals surface area contributed by atoms with Crippen LogP contribution in [0.1, 0.15) is 0 Å². The molecule has 0 unspecified atom stereocenters. The van der Waals surface area contributed by atoms with Gasteiger partial charge < -0.3 is 140 Å². The minimum atomic E-state index is -1.79. The maximum atomic E-state index is 9.94. The molecule has 28 heteroatoms. The molecule has 0 aromatic carbocycles. The zero-order chi connectivity index (χ0) is 44.3. The fourth-order valence-corrected chi connectivity index (χ4v) is 5.76. The third-order valence-corrected chi connectivity index (χ3v) is 9.38. The molecule has 4 saturated heterocycles. The van der Waals surface area contributed by atoms with E-state index in [1.165, 1.54) is 0 Å². The van der Waals surface area contributed by atoms with Crippen LogP contribution >= 0.6 is 0 Å². The van der Waals surface area contributed by atoms with Crippen molar-refractivity contribution < 1.29 is 140 Å². The summed E-state index contributed by atoms with van der Waals surface area (Å²) in [5.41, 5.74) is 0. The Hall–Kier alpha value is -1.41. The highest BCUT2D eigenvalue weighted by Gasteiger charge is 2.52. The number of hydrogen-bond donors (Lipinski definition) is 21. The molecule has 4 heterocycles. The highest BCUT2D eigenvalue weighted by Crippen LogP contribution is 2.30. The lowest BCUT2D eigenvalue weighted by molar-refractivity contribution is -0.355. The van der Waals surface area contributed by atoms with Gasteiger partial charge in [0.1, 0.15) is 122 Å². The van der Waals surface area contributed by atoms with Gasteiger partial charge >= 0.3 is 0 Å². The summed E-state index contributed by atoms with van der Waals surface area (Å²) < 4.78 is 30.5. The second-order valence-electron chi connectivity index (χ2n) is 13.4. The standard InChI is InChI=1S/2C12H22O11.C6H12O6/c2*13-1-3-5(15)6(16)9(19)12(22-3)23-10-4(2-14)21-11(20)8(18)7(10)17;7-1-3(9)5(11)6(12)4(10)2-8/h2*3-20H,1-2H2;1,3-6,8-12H,2H2/t3-,4-,5+,6+,7-,8-,9-,10-,11-,12+;3-,4-,5-,6+,7-,8-,9-,10-,11-,12-;3-,4+,5+,6+/m110/s1. The van der Waals surface area contributed by atoms with Crippen molar-refractivity contribution in [1.82, 2.24) is 0 Å². The molecule has 24 atom stereocenters. The monoisotopic (exact) mass is 864 g/mol. The minimum Gasteiger partial charge on any atom is -0.394 e. The zero-order valence-electron chi connectivity index (χ0n) is 30.2. The molecule has 4 rings (SSSR count). The lowest BCUT2D eigenvalue weighted by Crippen LogP contribution is -2.64. The highest BCUT2D eigenvalue weighted by molar-refractivity contribution is 5.56. The molecular weight excluding hydrogens is 808 g/mol. The van der Waals surface area contributed by atoms with Crippen LogP contribution in [0.15, 0.2) is 0 Å². The SMILES string of the molecule is O=C[C@H](O)[C@@H](O)[C@H](O)[C@H](O)CO.OC[C@H]1O[C@@H](O[C@H]2[C@H](O)[C@@H](O)[C@H](O)O[C@@H]2CO)[C@H](O)[C@@H](O)[C@H]1O.OC[C@H]1O[C@H](O[C@H]2[C@H](O)[C@@H](O)[C@H](O)O[C@@H]2CO)[C@H](O)[C@@H](O)[C@@H]1O. The van der Waals surface area contributed by atoms with Crippen molar-refractivity contribution in [2.24, 2.45) is 0 Å². The minimum absolute atomic E-state index is 0.0258. The van der Waals surface area contributed by atoms with E-state index in [1.807, 2.05) is 0 Å². The van der Waals surface area contributed by atoms with Gasteiger partial charge in [0, 0.05) is 0 Å². The average molecular weight is 865 g/mol. The molecule has 0 aromatic rings. The van der Waals surface area contributed by atoms with Gasteiger partial charge in [-0.25, -0.2) is 0 Å². The fraction of sp³-hybridized carbons (Fsp3) is 0.967. The van der Waals surface area contributed by atoms with Crippen LogP contribution in [0.3, 0.4) is 0 Å². The molecule has 0 amide bonds. The number of hydrogen-bond acceptors (Lipinski definition) is 28. The van der Waals surface area contributed by atoms with Gasteiger partial charge in [0.25, 0.3) is 0 Å². The summed E-state index contributed by atoms with van der Waals surface area (Å²) in [5, 5.41) is 197. The van der Waals surface area contributed by atoms with Gasteiger partial charge in [0.05, 0.1) is 33.0 Å². The van der Waals surface area contributed by atoms with Gasteiger partial charge in [-0.1, -0.05) is 0 Å². The number of carbonyl (C=O) groups excluding carboxylic acids is 1. The zero-order valence-corrected chi connectivity index (χ0v) is 30.2. The van der Waals surface area contributed by atoms with Gasteiger partial charge in [-0.05, 0) is 0 Å². The first kappa shape index (κ1) is 52.7. The molecule has 4 fully saturated rings. The van der Waals surface area contributed by atoms with Crippen molar-refractivity contribution >= 4 is 6.29 Å². The van der Waals surface area contributed by atoms with Crippen LogP contribution in [0.25, 0.3) is 0 Å². The molecule has 4 aliphatic rings. The predicted octanol–water partition coefficient (Wildman–Crippen LogP) is -14.2. The molecule has 0 spiro atoms. The van der Waals surface area contributed by atoms with Crippen molar-refractivity contribution in [3.8, 4) is 0 Å². The van der Waals surface area contributed by atoms with Crippen molar-refractivity contribution in [3.05, 3.63) is 0 Å². The van der Waals surface area contributed by atoms with Crippen molar-refractivity contribution in [2.75, 3.05) is 33.0 Å². The summed E-state index contributed by atoms with van der Waals surface area (Å²) >= 11 is 0. The topological polar surface area (TPSA) is 497 Å². The molecule has 0 aromatic heterocycles. The number of rotatable bonds is 13. The summed E-state index contributed by atoms with van der Waals surface area (Å²) in [5.74, 6) is 0. The normalized spacial score (nSPS) is 45.3. The number of ether oxygens (including phenoxy) is 6. The quantitative estimate of drug-likeness (QED) is 0.0764. The molecule has 0 aliphatic carbocycles. The summed E-state index contributed by atoms with van der Waals surface area (Å²) in [6, 6.07) is 0. The first-order chi connectivity index (χ1) is 27.2. The lowest BCUT2D eigenvalue weighted by atomic mass is 9.97. The first-order valence-corrected chi connectivity index (χ1v) is 17.5. The molecule has 344 valence electrons. The Bertz CT molecular complexity index is 1080. The smallest absolute Gasteiger partial charge is 0.187 e. The van der Waals surface area contributed by atoms with Crippen LogP contribution in [-0.2, 0) is 33.2 Å². The summed E-state index contributed by atoms with van der Waals surface area (Å²) in [6.07, 6.45) is -38.0. The van der Waals surface area contributed by atoms with E-state index in [-0.39, 0.29) is 6.29 Å². The second-order valence-corrected chi connectivity index (χ2v) is 13.4. The maximum Gasteiger partial charge on any atom is 0.187 e. The van der Waals surface area contributed by atoms with Gasteiger partial charge in [0.15, 0.2) is 31.4 Å². The van der Waals surface area contributed by atoms with E-state index in [9.17, 15) is 76.3 Å². The summed E-state index contributed by atoms with van der Waals surface area (Å²) in [7, 11) is 0. The van der Waals surface area contributed by atoms with E-state index >= 15 is 0 Å². The van der Waals surface area contributed by atoms with Crippen LogP contribution in [0.2, 0.25) is 0 Å². The van der Waals surface area contributed by atoms with E-state index in [0.29, 0.717) is 0 Å². The Morgan fingerprint density at radius 2 is 0.776 bits per heavy atom. The van der Waals surface area contributed by atoms with E-state index in [0.717, 1.165) is 0 Å². The molecule has 58 heavy (non-hydrogen) atoms. The first-order valence-electron chi connectivity index (χ1n) is 17.5. The molecular formula is C30H56O28. The molecule has 28 nitrogen and oxygen atoms in total. The van der Waals surface area contributed by atoms with Gasteiger partial charge in [-0.3, -0.25) is 0 Å². The fourth-order valence-electron chi connectivity index (χ4n) is 5.76. The third-order valence-electron chi connectivity index (χ3n) is 9.38.